The first kappa shape index (κ1) is 12.7. The third kappa shape index (κ3) is 2.53. The Kier molecular flexibility index (Phi) is 3.43. The van der Waals surface area contributed by atoms with Crippen molar-refractivity contribution in [3.05, 3.63) is 64.9 Å². The molecule has 0 unspecified atom stereocenters. The van der Waals surface area contributed by atoms with Gasteiger partial charge < -0.3 is 5.32 Å². The molecule has 2 aromatic carbocycles. The van der Waals surface area contributed by atoms with E-state index in [2.05, 4.69) is 31.2 Å². The van der Waals surface area contributed by atoms with E-state index in [9.17, 15) is 4.79 Å². The number of fused-ring (bicyclic) bond motifs is 1. The Bertz CT molecular complexity index is 789. The van der Waals surface area contributed by atoms with Gasteiger partial charge in [0.2, 0.25) is 0 Å². The number of nitrogens with one attached hydrogen (secondary N) is 1. The van der Waals surface area contributed by atoms with Crippen molar-refractivity contribution in [3.8, 4) is 0 Å². The molecule has 0 spiro atoms. The van der Waals surface area contributed by atoms with Crippen molar-refractivity contribution >= 4 is 38.6 Å². The summed E-state index contributed by atoms with van der Waals surface area (Å²) in [5, 5.41) is 2.85. The second-order valence-electron chi connectivity index (χ2n) is 4.19. The number of anilines is 1. The van der Waals surface area contributed by atoms with Gasteiger partial charge in [0.15, 0.2) is 0 Å². The molecule has 3 rings (SSSR count). The summed E-state index contributed by atoms with van der Waals surface area (Å²) in [7, 11) is 0. The van der Waals surface area contributed by atoms with E-state index < -0.39 is 0 Å². The lowest BCUT2D eigenvalue weighted by Crippen LogP contribution is -2.12. The summed E-state index contributed by atoms with van der Waals surface area (Å²) in [6, 6.07) is 12.7. The number of aromatic nitrogens is 2. The molecule has 5 heteroatoms. The fourth-order valence-corrected chi connectivity index (χ4v) is 2.35. The average molecular weight is 328 g/mol. The molecule has 0 aliphatic rings. The van der Waals surface area contributed by atoms with E-state index in [1.807, 2.05) is 30.3 Å². The van der Waals surface area contributed by atoms with Crippen LogP contribution in [0, 0.1) is 0 Å². The number of rotatable bonds is 2. The van der Waals surface area contributed by atoms with Crippen molar-refractivity contribution in [2.75, 3.05) is 5.32 Å². The largest absolute Gasteiger partial charge is 0.322 e. The molecule has 0 bridgehead atoms. The van der Waals surface area contributed by atoms with Gasteiger partial charge in [-0.15, -0.1) is 0 Å². The van der Waals surface area contributed by atoms with Crippen molar-refractivity contribution in [2.45, 2.75) is 0 Å². The summed E-state index contributed by atoms with van der Waals surface area (Å²) in [6.07, 6.45) is 3.27. The number of benzene rings is 2. The molecule has 1 aromatic heterocycles. The molecule has 0 atom stereocenters. The van der Waals surface area contributed by atoms with Gasteiger partial charge in [-0.3, -0.25) is 14.8 Å². The second-order valence-corrected chi connectivity index (χ2v) is 5.05. The van der Waals surface area contributed by atoms with E-state index >= 15 is 0 Å². The van der Waals surface area contributed by atoms with Crippen LogP contribution in [0.4, 0.5) is 5.69 Å². The van der Waals surface area contributed by atoms with Gasteiger partial charge in [0.05, 0.1) is 16.6 Å². The summed E-state index contributed by atoms with van der Waals surface area (Å²) in [4.78, 5) is 20.6. The van der Waals surface area contributed by atoms with Gasteiger partial charge in [0.1, 0.15) is 0 Å². The number of halogens is 1. The number of carbonyl (C=O) groups is 1. The minimum absolute atomic E-state index is 0.166. The Balaban J connectivity index is 1.89. The van der Waals surface area contributed by atoms with Gasteiger partial charge in [0.25, 0.3) is 5.91 Å². The maximum atomic E-state index is 12.2. The topological polar surface area (TPSA) is 54.9 Å². The third-order valence-corrected chi connectivity index (χ3v) is 3.54. The molecule has 20 heavy (non-hydrogen) atoms. The molecule has 0 aliphatic carbocycles. The van der Waals surface area contributed by atoms with E-state index in [1.54, 1.807) is 24.5 Å². The van der Waals surface area contributed by atoms with Crippen LogP contribution in [-0.4, -0.2) is 15.9 Å². The first-order chi connectivity index (χ1) is 9.74. The van der Waals surface area contributed by atoms with Crippen LogP contribution >= 0.6 is 15.9 Å². The predicted octanol–water partition coefficient (Wildman–Crippen LogP) is 3.64. The summed E-state index contributed by atoms with van der Waals surface area (Å²) < 4.78 is 0.762. The van der Waals surface area contributed by atoms with Gasteiger partial charge in [-0.05, 0) is 46.3 Å². The zero-order chi connectivity index (χ0) is 13.9. The third-order valence-electron chi connectivity index (χ3n) is 2.85. The Labute approximate surface area is 124 Å². The lowest BCUT2D eigenvalue weighted by molar-refractivity contribution is 0.102. The van der Waals surface area contributed by atoms with Crippen LogP contribution in [0.2, 0.25) is 0 Å². The van der Waals surface area contributed by atoms with Crippen LogP contribution in [-0.2, 0) is 0 Å². The molecule has 98 valence electrons. The molecule has 4 nitrogen and oxygen atoms in total. The van der Waals surface area contributed by atoms with Gasteiger partial charge in [-0.25, -0.2) is 0 Å². The van der Waals surface area contributed by atoms with Crippen LogP contribution in [0.5, 0.6) is 0 Å². The Morgan fingerprint density at radius 2 is 1.75 bits per heavy atom. The summed E-state index contributed by atoms with van der Waals surface area (Å²) >= 11 is 3.37. The van der Waals surface area contributed by atoms with Crippen molar-refractivity contribution in [1.29, 1.82) is 0 Å². The molecule has 1 heterocycles. The van der Waals surface area contributed by atoms with Gasteiger partial charge in [-0.1, -0.05) is 12.1 Å². The molecule has 0 saturated heterocycles. The number of hydrogen-bond acceptors (Lipinski definition) is 3. The molecular weight excluding hydrogens is 318 g/mol. The van der Waals surface area contributed by atoms with E-state index in [1.165, 1.54) is 0 Å². The monoisotopic (exact) mass is 327 g/mol. The number of nitrogens with zero attached hydrogens (tertiary/aromatic N) is 2. The first-order valence-electron chi connectivity index (χ1n) is 6.01. The highest BCUT2D eigenvalue weighted by atomic mass is 79.9. The fraction of sp³-hybridized carbons (Fsp3) is 0. The Morgan fingerprint density at radius 1 is 1.00 bits per heavy atom. The molecular formula is C15H10BrN3O. The normalized spacial score (nSPS) is 10.4. The molecule has 0 fully saturated rings. The van der Waals surface area contributed by atoms with Crippen LogP contribution in [0.15, 0.2) is 59.3 Å². The first-order valence-corrected chi connectivity index (χ1v) is 6.80. The minimum Gasteiger partial charge on any atom is -0.322 e. The summed E-state index contributed by atoms with van der Waals surface area (Å²) in [5.74, 6) is -0.166. The van der Waals surface area contributed by atoms with Crippen LogP contribution in [0.3, 0.4) is 0 Å². The van der Waals surface area contributed by atoms with Gasteiger partial charge in [-0.2, -0.15) is 0 Å². The van der Waals surface area contributed by atoms with E-state index in [4.69, 9.17) is 0 Å². The predicted molar refractivity (Wildman–Crippen MR) is 81.6 cm³/mol. The molecule has 0 radical (unpaired) electrons. The van der Waals surface area contributed by atoms with E-state index in [0.29, 0.717) is 11.3 Å². The lowest BCUT2D eigenvalue weighted by atomic mass is 10.2. The Morgan fingerprint density at radius 3 is 2.55 bits per heavy atom. The second kappa shape index (κ2) is 5.38. The highest BCUT2D eigenvalue weighted by Crippen LogP contribution is 2.19. The standard InChI is InChI=1S/C15H10BrN3O/c16-12-4-2-1-3-11(12)15(20)19-10-5-6-13-14(9-10)18-8-7-17-13/h1-9H,(H,19,20). The quantitative estimate of drug-likeness (QED) is 0.781. The van der Waals surface area contributed by atoms with Crippen molar-refractivity contribution in [2.24, 2.45) is 0 Å². The highest BCUT2D eigenvalue weighted by Gasteiger charge is 2.09. The van der Waals surface area contributed by atoms with Crippen molar-refractivity contribution < 1.29 is 4.79 Å². The van der Waals surface area contributed by atoms with Crippen molar-refractivity contribution in [1.82, 2.24) is 9.97 Å². The average Bonchev–Trinajstić information content (AvgIpc) is 2.47. The molecule has 0 aliphatic heterocycles. The van der Waals surface area contributed by atoms with Crippen LogP contribution in [0.25, 0.3) is 11.0 Å². The zero-order valence-corrected chi connectivity index (χ0v) is 12.0. The molecule has 1 amide bonds. The molecule has 3 aromatic rings. The number of carbonyl (C=O) groups excluding carboxylic acids is 1. The molecule has 0 saturated carbocycles. The van der Waals surface area contributed by atoms with Crippen LogP contribution in [0.1, 0.15) is 10.4 Å². The molecule has 1 N–H and O–H groups in total. The van der Waals surface area contributed by atoms with Crippen LogP contribution < -0.4 is 5.32 Å². The maximum absolute atomic E-state index is 12.2. The maximum Gasteiger partial charge on any atom is 0.256 e. The highest BCUT2D eigenvalue weighted by molar-refractivity contribution is 9.10. The fourth-order valence-electron chi connectivity index (χ4n) is 1.88. The van der Waals surface area contributed by atoms with Gasteiger partial charge in [0, 0.05) is 22.6 Å². The van der Waals surface area contributed by atoms with Crippen molar-refractivity contribution in [3.63, 3.8) is 0 Å². The van der Waals surface area contributed by atoms with E-state index in [-0.39, 0.29) is 5.91 Å². The summed E-state index contributed by atoms with van der Waals surface area (Å²) in [6.45, 7) is 0. The lowest BCUT2D eigenvalue weighted by Gasteiger charge is -2.07. The minimum atomic E-state index is -0.166. The zero-order valence-electron chi connectivity index (χ0n) is 10.4. The van der Waals surface area contributed by atoms with Gasteiger partial charge >= 0.3 is 0 Å². The van der Waals surface area contributed by atoms with E-state index in [0.717, 1.165) is 15.5 Å². The smallest absolute Gasteiger partial charge is 0.256 e. The summed E-state index contributed by atoms with van der Waals surface area (Å²) in [5.41, 5.74) is 2.83. The Hall–Kier alpha value is -2.27. The number of amides is 1. The number of hydrogen-bond donors (Lipinski definition) is 1. The SMILES string of the molecule is O=C(Nc1ccc2nccnc2c1)c1ccccc1Br.